The van der Waals surface area contributed by atoms with Crippen LogP contribution in [0.25, 0.3) is 0 Å². The monoisotopic (exact) mass is 880 g/mol. The van der Waals surface area contributed by atoms with Crippen molar-refractivity contribution in [2.45, 2.75) is 63.6 Å². The summed E-state index contributed by atoms with van der Waals surface area (Å²) < 4.78 is 53.3. The van der Waals surface area contributed by atoms with Crippen LogP contribution in [0.4, 0.5) is 0 Å². The number of hydrogen-bond acceptors (Lipinski definition) is 16. The van der Waals surface area contributed by atoms with Crippen LogP contribution in [0.3, 0.4) is 0 Å². The number of carbonyl (C=O) groups excluding carboxylic acids is 6. The van der Waals surface area contributed by atoms with Crippen LogP contribution >= 0.6 is 0 Å². The molecule has 0 saturated heterocycles. The van der Waals surface area contributed by atoms with Gasteiger partial charge in [0.15, 0.2) is 12.2 Å². The lowest BCUT2D eigenvalue weighted by atomic mass is 9.83. The number of esters is 5. The molecule has 2 aromatic carbocycles. The zero-order valence-electron chi connectivity index (χ0n) is 36.0. The van der Waals surface area contributed by atoms with E-state index in [1.165, 1.54) is 0 Å². The predicted molar refractivity (Wildman–Crippen MR) is 230 cm³/mol. The minimum absolute atomic E-state index is 0.0411. The summed E-state index contributed by atoms with van der Waals surface area (Å²) in [6.45, 7) is 15.3. The Morgan fingerprint density at radius 3 is 1.35 bits per heavy atom. The van der Waals surface area contributed by atoms with Crippen LogP contribution in [0, 0.1) is 11.8 Å². The first-order valence-electron chi connectivity index (χ1n) is 20.6. The average molecular weight is 881 g/mol. The quantitative estimate of drug-likeness (QED) is 0.0212. The molecule has 2 unspecified atom stereocenters. The van der Waals surface area contributed by atoms with E-state index in [9.17, 15) is 28.8 Å². The molecule has 1 saturated carbocycles. The normalized spacial score (nSPS) is 14.9. The van der Waals surface area contributed by atoms with Crippen molar-refractivity contribution in [1.29, 1.82) is 0 Å². The largest absolute Gasteiger partial charge is 0.497 e. The Labute approximate surface area is 369 Å². The summed E-state index contributed by atoms with van der Waals surface area (Å²) in [5.41, 5.74) is 0. The molecule has 0 aliphatic heterocycles. The zero-order valence-corrected chi connectivity index (χ0v) is 36.0. The van der Waals surface area contributed by atoms with E-state index in [4.69, 9.17) is 47.4 Å². The third-order valence-corrected chi connectivity index (χ3v) is 8.97. The van der Waals surface area contributed by atoms with Crippen molar-refractivity contribution in [3.63, 3.8) is 0 Å². The van der Waals surface area contributed by atoms with E-state index in [-0.39, 0.29) is 50.8 Å². The van der Waals surface area contributed by atoms with E-state index in [1.807, 2.05) is 0 Å². The molecule has 3 rings (SSSR count). The average Bonchev–Trinajstić information content (AvgIpc) is 3.31. The Kier molecular flexibility index (Phi) is 27.2. The summed E-state index contributed by atoms with van der Waals surface area (Å²) in [7, 11) is 1.58. The van der Waals surface area contributed by atoms with Crippen molar-refractivity contribution >= 4 is 36.1 Å². The molecule has 0 amide bonds. The van der Waals surface area contributed by atoms with Gasteiger partial charge in [-0.15, -0.1) is 0 Å². The first-order valence-corrected chi connectivity index (χ1v) is 20.6. The second kappa shape index (κ2) is 32.5. The number of benzene rings is 2. The smallest absolute Gasteiger partial charge is 0.330 e. The third-order valence-electron chi connectivity index (χ3n) is 8.97. The molecule has 0 heterocycles. The number of aldehydes is 1. The van der Waals surface area contributed by atoms with Crippen molar-refractivity contribution in [3.05, 3.63) is 99.2 Å². The van der Waals surface area contributed by atoms with E-state index < -0.39 is 36.1 Å². The Morgan fingerprint density at radius 2 is 0.952 bits per heavy atom. The summed E-state index contributed by atoms with van der Waals surface area (Å²) in [4.78, 5) is 68.2. The second-order valence-corrected chi connectivity index (χ2v) is 13.8. The topological polar surface area (TPSA) is 195 Å². The van der Waals surface area contributed by atoms with E-state index in [2.05, 4.69) is 26.3 Å². The standard InChI is InChI=1S/C27H34O9.C20H26O7/c1-3-25(29)33-16-6-5-15-32-18-24(35-26(30)4-2)19-34-22-11-13-23(14-12-22)36-27(31)21-9-7-20(17-28)8-10-21;1-4-19(21)25-13-7-6-12-24-14-18(27-20(22)5-2)15-26-17-10-8-16(23-3)9-11-17/h3-4,11-14,17,20-21,24H,1-2,5-10,15-16,18-19H2;4-5,8-11,18H,1-2,6-7,12-15H2,3H3. The first-order chi connectivity index (χ1) is 30.5. The highest BCUT2D eigenvalue weighted by molar-refractivity contribution is 5.82. The van der Waals surface area contributed by atoms with Crippen LogP contribution in [0.1, 0.15) is 51.4 Å². The molecule has 344 valence electrons. The summed E-state index contributed by atoms with van der Waals surface area (Å²) in [6.07, 6.45) is 9.50. The molecular weight excluding hydrogens is 821 g/mol. The van der Waals surface area contributed by atoms with E-state index in [0.29, 0.717) is 88.4 Å². The van der Waals surface area contributed by atoms with Gasteiger partial charge in [0.05, 0.1) is 39.5 Å². The van der Waals surface area contributed by atoms with Crippen molar-refractivity contribution in [2.75, 3.05) is 60.0 Å². The van der Waals surface area contributed by atoms with Gasteiger partial charge in [-0.2, -0.15) is 0 Å². The number of methoxy groups -OCH3 is 1. The lowest BCUT2D eigenvalue weighted by molar-refractivity contribution is -0.148. The molecule has 16 nitrogen and oxygen atoms in total. The van der Waals surface area contributed by atoms with Crippen molar-refractivity contribution < 1.29 is 76.1 Å². The highest BCUT2D eigenvalue weighted by Crippen LogP contribution is 2.29. The van der Waals surface area contributed by atoms with Crippen molar-refractivity contribution in [2.24, 2.45) is 11.8 Å². The Morgan fingerprint density at radius 1 is 0.556 bits per heavy atom. The maximum absolute atomic E-state index is 12.4. The number of carbonyl (C=O) groups is 6. The molecule has 2 atom stereocenters. The second-order valence-electron chi connectivity index (χ2n) is 13.8. The molecule has 63 heavy (non-hydrogen) atoms. The number of unbranched alkanes of at least 4 members (excludes halogenated alkanes) is 2. The van der Waals surface area contributed by atoms with E-state index in [0.717, 1.165) is 36.3 Å². The van der Waals surface area contributed by atoms with Crippen LogP contribution in [0.2, 0.25) is 0 Å². The molecule has 0 bridgehead atoms. The van der Waals surface area contributed by atoms with Gasteiger partial charge in [0.2, 0.25) is 0 Å². The molecule has 2 aromatic rings. The molecule has 0 spiro atoms. The Bertz CT molecular complexity index is 1710. The molecule has 1 aliphatic carbocycles. The maximum Gasteiger partial charge on any atom is 0.330 e. The highest BCUT2D eigenvalue weighted by atomic mass is 16.6. The summed E-state index contributed by atoms with van der Waals surface area (Å²) in [5, 5.41) is 0. The fourth-order valence-electron chi connectivity index (χ4n) is 5.51. The minimum atomic E-state index is -0.659. The number of hydrogen-bond donors (Lipinski definition) is 0. The van der Waals surface area contributed by atoms with E-state index >= 15 is 0 Å². The first kappa shape index (κ1) is 52.9. The van der Waals surface area contributed by atoms with Gasteiger partial charge in [0.25, 0.3) is 0 Å². The van der Waals surface area contributed by atoms with Gasteiger partial charge in [-0.25, -0.2) is 19.2 Å². The Balaban J connectivity index is 0.000000452. The summed E-state index contributed by atoms with van der Waals surface area (Å²) in [5.74, 6) is -0.229. The van der Waals surface area contributed by atoms with Gasteiger partial charge in [0.1, 0.15) is 42.5 Å². The molecule has 0 N–H and O–H groups in total. The zero-order chi connectivity index (χ0) is 46.1. The summed E-state index contributed by atoms with van der Waals surface area (Å²) in [6, 6.07) is 13.6. The van der Waals surface area contributed by atoms with Crippen LogP contribution in [0.15, 0.2) is 99.2 Å². The van der Waals surface area contributed by atoms with Crippen molar-refractivity contribution in [1.82, 2.24) is 0 Å². The number of rotatable bonds is 30. The fraction of sp³-hybridized carbons (Fsp3) is 0.447. The maximum atomic E-state index is 12.4. The van der Waals surface area contributed by atoms with Crippen LogP contribution in [-0.2, 0) is 57.2 Å². The predicted octanol–water partition coefficient (Wildman–Crippen LogP) is 6.30. The molecule has 1 aliphatic rings. The lowest BCUT2D eigenvalue weighted by Gasteiger charge is -2.23. The lowest BCUT2D eigenvalue weighted by Crippen LogP contribution is -2.29. The van der Waals surface area contributed by atoms with Gasteiger partial charge < -0.3 is 52.2 Å². The Hall–Kier alpha value is -6.26. The van der Waals surface area contributed by atoms with Crippen molar-refractivity contribution in [3.8, 4) is 23.0 Å². The fourth-order valence-corrected chi connectivity index (χ4v) is 5.51. The molecule has 0 radical (unpaired) electrons. The van der Waals surface area contributed by atoms with Gasteiger partial charge >= 0.3 is 29.8 Å². The van der Waals surface area contributed by atoms with Crippen LogP contribution in [-0.4, -0.2) is 108 Å². The highest BCUT2D eigenvalue weighted by Gasteiger charge is 2.27. The summed E-state index contributed by atoms with van der Waals surface area (Å²) >= 11 is 0. The van der Waals surface area contributed by atoms with E-state index in [1.54, 1.807) is 55.6 Å². The third kappa shape index (κ3) is 24.1. The number of ether oxygens (including phenoxy) is 10. The molecule has 1 fully saturated rings. The van der Waals surface area contributed by atoms with Gasteiger partial charge in [-0.1, -0.05) is 26.3 Å². The molecular formula is C47H60O16. The molecule has 16 heteroatoms. The molecule has 0 aromatic heterocycles. The SMILES string of the molecule is C=CC(=O)OCCCCOCC(COc1ccc(OC(=O)C2CCC(C=O)CC2)cc1)OC(=O)C=C.C=CC(=O)OCCCCOCC(COc1ccc(OC)cc1)OC(=O)C=C. The van der Waals surface area contributed by atoms with Crippen LogP contribution < -0.4 is 18.9 Å². The van der Waals surface area contributed by atoms with Gasteiger partial charge in [0, 0.05) is 43.4 Å². The minimum Gasteiger partial charge on any atom is -0.497 e. The van der Waals surface area contributed by atoms with Crippen LogP contribution in [0.5, 0.6) is 23.0 Å². The van der Waals surface area contributed by atoms with Gasteiger partial charge in [-0.3, -0.25) is 4.79 Å². The van der Waals surface area contributed by atoms with Gasteiger partial charge in [-0.05, 0) is 99.9 Å².